The van der Waals surface area contributed by atoms with Gasteiger partial charge in [-0.15, -0.1) is 11.3 Å². The molecule has 1 heterocycles. The zero-order valence-electron chi connectivity index (χ0n) is 13.6. The fraction of sp³-hybridized carbons (Fsp3) is 0.500. The van der Waals surface area contributed by atoms with Crippen molar-refractivity contribution in [3.05, 3.63) is 39.9 Å². The monoisotopic (exact) mass is 300 g/mol. The van der Waals surface area contributed by atoms with Gasteiger partial charge in [0.15, 0.2) is 0 Å². The highest BCUT2D eigenvalue weighted by Gasteiger charge is 2.34. The molecule has 0 radical (unpaired) electrons. The van der Waals surface area contributed by atoms with Crippen LogP contribution in [0.25, 0.3) is 10.6 Å². The van der Waals surface area contributed by atoms with Crippen LogP contribution in [-0.4, -0.2) is 12.0 Å². The van der Waals surface area contributed by atoms with E-state index in [9.17, 15) is 0 Å². The molecule has 1 aliphatic rings. The summed E-state index contributed by atoms with van der Waals surface area (Å²) in [6.07, 6.45) is 2.27. The lowest BCUT2D eigenvalue weighted by Gasteiger charge is -2.34. The Balaban J connectivity index is 2.06. The Bertz CT molecular complexity index is 670. The predicted octanol–water partition coefficient (Wildman–Crippen LogP) is 4.66. The van der Waals surface area contributed by atoms with Crippen LogP contribution in [0.2, 0.25) is 0 Å². The SMILES string of the molecule is CNC1CC(C)(C)Cc2nc(-c3ccc(C)cc3C)sc21. The van der Waals surface area contributed by atoms with Crippen LogP contribution in [0.3, 0.4) is 0 Å². The highest BCUT2D eigenvalue weighted by Crippen LogP contribution is 2.44. The Labute approximate surface area is 131 Å². The lowest BCUT2D eigenvalue weighted by Crippen LogP contribution is -2.30. The summed E-state index contributed by atoms with van der Waals surface area (Å²) in [5, 5.41) is 4.65. The highest BCUT2D eigenvalue weighted by molar-refractivity contribution is 7.15. The lowest BCUT2D eigenvalue weighted by atomic mass is 9.76. The van der Waals surface area contributed by atoms with E-state index in [-0.39, 0.29) is 0 Å². The zero-order valence-corrected chi connectivity index (χ0v) is 14.4. The molecule has 0 bridgehead atoms. The summed E-state index contributed by atoms with van der Waals surface area (Å²) < 4.78 is 0. The third-order valence-electron chi connectivity index (χ3n) is 4.41. The van der Waals surface area contributed by atoms with Gasteiger partial charge >= 0.3 is 0 Å². The van der Waals surface area contributed by atoms with Crippen LogP contribution in [0, 0.1) is 19.3 Å². The van der Waals surface area contributed by atoms with Crippen molar-refractivity contribution in [1.29, 1.82) is 0 Å². The number of benzene rings is 1. The number of hydrogen-bond acceptors (Lipinski definition) is 3. The Hall–Kier alpha value is -1.19. The van der Waals surface area contributed by atoms with Crippen molar-refractivity contribution in [3.63, 3.8) is 0 Å². The molecule has 1 atom stereocenters. The summed E-state index contributed by atoms with van der Waals surface area (Å²) in [6.45, 7) is 9.01. The molecule has 112 valence electrons. The van der Waals surface area contributed by atoms with Crippen molar-refractivity contribution in [2.75, 3.05) is 7.05 Å². The van der Waals surface area contributed by atoms with Gasteiger partial charge in [0.25, 0.3) is 0 Å². The van der Waals surface area contributed by atoms with Crippen LogP contribution in [0.15, 0.2) is 18.2 Å². The van der Waals surface area contributed by atoms with Gasteiger partial charge < -0.3 is 5.32 Å². The van der Waals surface area contributed by atoms with Crippen molar-refractivity contribution in [3.8, 4) is 10.6 Å². The smallest absolute Gasteiger partial charge is 0.124 e. The van der Waals surface area contributed by atoms with Crippen LogP contribution in [0.5, 0.6) is 0 Å². The van der Waals surface area contributed by atoms with E-state index in [2.05, 4.69) is 58.3 Å². The van der Waals surface area contributed by atoms with Gasteiger partial charge in [-0.05, 0) is 44.7 Å². The Morgan fingerprint density at radius 1 is 1.29 bits per heavy atom. The van der Waals surface area contributed by atoms with Gasteiger partial charge in [0, 0.05) is 16.5 Å². The highest BCUT2D eigenvalue weighted by atomic mass is 32.1. The van der Waals surface area contributed by atoms with E-state index in [1.54, 1.807) is 0 Å². The predicted molar refractivity (Wildman–Crippen MR) is 90.9 cm³/mol. The van der Waals surface area contributed by atoms with E-state index < -0.39 is 0 Å². The molecular weight excluding hydrogens is 276 g/mol. The second-order valence-corrected chi connectivity index (χ2v) is 8.07. The number of thiazole rings is 1. The van der Waals surface area contributed by atoms with Gasteiger partial charge in [0.2, 0.25) is 0 Å². The first-order valence-corrected chi connectivity index (χ1v) is 8.46. The van der Waals surface area contributed by atoms with Gasteiger partial charge in [0.05, 0.1) is 5.69 Å². The van der Waals surface area contributed by atoms with Crippen LogP contribution < -0.4 is 5.32 Å². The number of hydrogen-bond donors (Lipinski definition) is 1. The first kappa shape index (κ1) is 14.7. The summed E-state index contributed by atoms with van der Waals surface area (Å²) in [5.74, 6) is 0. The average Bonchev–Trinajstić information content (AvgIpc) is 2.79. The van der Waals surface area contributed by atoms with E-state index in [0.29, 0.717) is 11.5 Å². The third-order valence-corrected chi connectivity index (χ3v) is 5.65. The number of nitrogens with one attached hydrogen (secondary N) is 1. The summed E-state index contributed by atoms with van der Waals surface area (Å²) >= 11 is 1.87. The second kappa shape index (κ2) is 5.22. The van der Waals surface area contributed by atoms with Crippen molar-refractivity contribution in [1.82, 2.24) is 10.3 Å². The zero-order chi connectivity index (χ0) is 15.2. The normalized spacial score (nSPS) is 20.3. The number of aromatic nitrogens is 1. The second-order valence-electron chi connectivity index (χ2n) is 7.03. The van der Waals surface area contributed by atoms with Gasteiger partial charge in [-0.25, -0.2) is 4.98 Å². The molecule has 3 heteroatoms. The summed E-state index contributed by atoms with van der Waals surface area (Å²) in [4.78, 5) is 6.42. The van der Waals surface area contributed by atoms with Crippen LogP contribution >= 0.6 is 11.3 Å². The first-order chi connectivity index (χ1) is 9.89. The molecule has 2 aromatic rings. The largest absolute Gasteiger partial charge is 0.312 e. The van der Waals surface area contributed by atoms with Crippen LogP contribution in [0.1, 0.15) is 48.0 Å². The molecule has 1 unspecified atom stereocenters. The quantitative estimate of drug-likeness (QED) is 0.872. The molecule has 1 aliphatic carbocycles. The molecule has 0 aliphatic heterocycles. The minimum Gasteiger partial charge on any atom is -0.312 e. The molecule has 3 rings (SSSR count). The third kappa shape index (κ3) is 2.77. The molecule has 0 fully saturated rings. The van der Waals surface area contributed by atoms with Crippen molar-refractivity contribution >= 4 is 11.3 Å². The lowest BCUT2D eigenvalue weighted by molar-refractivity contribution is 0.265. The molecule has 21 heavy (non-hydrogen) atoms. The Kier molecular flexibility index (Phi) is 3.66. The fourth-order valence-electron chi connectivity index (χ4n) is 3.34. The Morgan fingerprint density at radius 2 is 2.05 bits per heavy atom. The first-order valence-electron chi connectivity index (χ1n) is 7.64. The maximum absolute atomic E-state index is 4.98. The van der Waals surface area contributed by atoms with Crippen LogP contribution in [-0.2, 0) is 6.42 Å². The fourth-order valence-corrected chi connectivity index (χ4v) is 4.62. The average molecular weight is 300 g/mol. The minimum atomic E-state index is 0.328. The summed E-state index contributed by atoms with van der Waals surface area (Å²) in [5.41, 5.74) is 5.54. The molecule has 1 N–H and O–H groups in total. The van der Waals surface area contributed by atoms with Gasteiger partial charge in [-0.3, -0.25) is 0 Å². The molecule has 0 spiro atoms. The molecule has 0 saturated carbocycles. The Morgan fingerprint density at radius 3 is 2.71 bits per heavy atom. The maximum atomic E-state index is 4.98. The van der Waals surface area contributed by atoms with Gasteiger partial charge in [0.1, 0.15) is 5.01 Å². The van der Waals surface area contributed by atoms with Crippen molar-refractivity contribution in [2.24, 2.45) is 5.41 Å². The van der Waals surface area contributed by atoms with E-state index in [4.69, 9.17) is 4.98 Å². The molecule has 1 aromatic heterocycles. The number of aryl methyl sites for hydroxylation is 2. The van der Waals surface area contributed by atoms with Gasteiger partial charge in [-0.1, -0.05) is 37.6 Å². The number of fused-ring (bicyclic) bond motifs is 1. The van der Waals surface area contributed by atoms with Crippen molar-refractivity contribution in [2.45, 2.75) is 46.6 Å². The number of nitrogens with zero attached hydrogens (tertiary/aromatic N) is 1. The number of rotatable bonds is 2. The minimum absolute atomic E-state index is 0.328. The standard InChI is InChI=1S/C18H24N2S/c1-11-6-7-13(12(2)8-11)17-20-15-10-18(3,4)9-14(19-5)16(15)21-17/h6-8,14,19H,9-10H2,1-5H3. The molecule has 0 amide bonds. The topological polar surface area (TPSA) is 24.9 Å². The molecule has 2 nitrogen and oxygen atoms in total. The van der Waals surface area contributed by atoms with Crippen LogP contribution in [0.4, 0.5) is 0 Å². The van der Waals surface area contributed by atoms with E-state index in [1.165, 1.54) is 38.7 Å². The summed E-state index contributed by atoms with van der Waals surface area (Å²) in [7, 11) is 2.06. The molecule has 1 aromatic carbocycles. The maximum Gasteiger partial charge on any atom is 0.124 e. The van der Waals surface area contributed by atoms with Gasteiger partial charge in [-0.2, -0.15) is 0 Å². The molecule has 0 saturated heterocycles. The van der Waals surface area contributed by atoms with E-state index in [1.807, 2.05) is 11.3 Å². The van der Waals surface area contributed by atoms with E-state index in [0.717, 1.165) is 6.42 Å². The van der Waals surface area contributed by atoms with Crippen molar-refractivity contribution < 1.29 is 0 Å². The molecular formula is C18H24N2S. The summed E-state index contributed by atoms with van der Waals surface area (Å²) in [6, 6.07) is 7.09. The van der Waals surface area contributed by atoms with E-state index >= 15 is 0 Å².